The number of benzene rings is 1. The van der Waals surface area contributed by atoms with Crippen molar-refractivity contribution in [3.05, 3.63) is 35.9 Å². The zero-order valence-corrected chi connectivity index (χ0v) is 12.7. The van der Waals surface area contributed by atoms with Crippen LogP contribution in [0.3, 0.4) is 0 Å². The van der Waals surface area contributed by atoms with E-state index >= 15 is 0 Å². The zero-order valence-electron chi connectivity index (χ0n) is 12.7. The van der Waals surface area contributed by atoms with Crippen molar-refractivity contribution in [1.29, 1.82) is 0 Å². The van der Waals surface area contributed by atoms with Gasteiger partial charge in [-0.25, -0.2) is 0 Å². The summed E-state index contributed by atoms with van der Waals surface area (Å²) in [7, 11) is 0. The molecule has 0 heterocycles. The Balaban J connectivity index is 2.79. The molecule has 1 aromatic carbocycles. The van der Waals surface area contributed by atoms with Gasteiger partial charge in [0.15, 0.2) is 0 Å². The highest BCUT2D eigenvalue weighted by Gasteiger charge is 2.29. The standard InChI is InChI=1S/C17H29NO/c1-4-13-18-15-17(5-2,12-14-19-6-3)16-10-8-7-9-11-16/h7-11,18H,4-6,12-15H2,1-3H3. The molecule has 0 bridgehead atoms. The molecule has 0 radical (unpaired) electrons. The molecule has 0 aliphatic carbocycles. The third-order valence-corrected chi connectivity index (χ3v) is 3.88. The molecule has 0 aromatic heterocycles. The van der Waals surface area contributed by atoms with E-state index in [1.807, 2.05) is 0 Å². The molecular formula is C17H29NO. The monoisotopic (exact) mass is 263 g/mol. The summed E-state index contributed by atoms with van der Waals surface area (Å²) in [6, 6.07) is 10.9. The van der Waals surface area contributed by atoms with Gasteiger partial charge in [0.05, 0.1) is 0 Å². The molecule has 2 heteroatoms. The normalized spacial score (nSPS) is 14.3. The minimum absolute atomic E-state index is 0.200. The molecule has 1 N–H and O–H groups in total. The molecule has 19 heavy (non-hydrogen) atoms. The predicted octanol–water partition coefficient (Wildman–Crippen LogP) is 3.76. The van der Waals surface area contributed by atoms with Crippen molar-refractivity contribution in [2.45, 2.75) is 45.4 Å². The van der Waals surface area contributed by atoms with E-state index in [-0.39, 0.29) is 5.41 Å². The van der Waals surface area contributed by atoms with Crippen molar-refractivity contribution in [1.82, 2.24) is 5.32 Å². The Morgan fingerprint density at radius 2 is 1.84 bits per heavy atom. The van der Waals surface area contributed by atoms with Crippen molar-refractivity contribution >= 4 is 0 Å². The fourth-order valence-electron chi connectivity index (χ4n) is 2.55. The maximum Gasteiger partial charge on any atom is 0.0474 e. The summed E-state index contributed by atoms with van der Waals surface area (Å²) in [5, 5.41) is 3.60. The summed E-state index contributed by atoms with van der Waals surface area (Å²) >= 11 is 0. The third kappa shape index (κ3) is 4.96. The van der Waals surface area contributed by atoms with Crippen LogP contribution in [-0.4, -0.2) is 26.3 Å². The quantitative estimate of drug-likeness (QED) is 0.649. The van der Waals surface area contributed by atoms with Gasteiger partial charge in [-0.05, 0) is 38.3 Å². The lowest BCUT2D eigenvalue weighted by Crippen LogP contribution is -2.39. The van der Waals surface area contributed by atoms with E-state index < -0.39 is 0 Å². The lowest BCUT2D eigenvalue weighted by molar-refractivity contribution is 0.122. The fraction of sp³-hybridized carbons (Fsp3) is 0.647. The second-order valence-corrected chi connectivity index (χ2v) is 5.12. The molecule has 0 aliphatic heterocycles. The number of hydrogen-bond donors (Lipinski definition) is 1. The van der Waals surface area contributed by atoms with Gasteiger partial charge in [-0.3, -0.25) is 0 Å². The van der Waals surface area contributed by atoms with Crippen molar-refractivity contribution in [3.63, 3.8) is 0 Å². The van der Waals surface area contributed by atoms with Gasteiger partial charge < -0.3 is 10.1 Å². The van der Waals surface area contributed by atoms with Gasteiger partial charge in [-0.1, -0.05) is 44.2 Å². The van der Waals surface area contributed by atoms with Crippen LogP contribution in [0, 0.1) is 0 Å². The van der Waals surface area contributed by atoms with Gasteiger partial charge >= 0.3 is 0 Å². The van der Waals surface area contributed by atoms with Gasteiger partial charge in [0.1, 0.15) is 0 Å². The summed E-state index contributed by atoms with van der Waals surface area (Å²) in [6.45, 7) is 10.3. The first-order chi connectivity index (χ1) is 9.29. The number of ether oxygens (including phenoxy) is 1. The average molecular weight is 263 g/mol. The molecule has 1 atom stereocenters. The maximum atomic E-state index is 5.59. The van der Waals surface area contributed by atoms with Crippen LogP contribution >= 0.6 is 0 Å². The van der Waals surface area contributed by atoms with Crippen molar-refractivity contribution < 1.29 is 4.74 Å². The Hall–Kier alpha value is -0.860. The van der Waals surface area contributed by atoms with E-state index in [0.717, 1.165) is 39.1 Å². The summed E-state index contributed by atoms with van der Waals surface area (Å²) in [5.74, 6) is 0. The van der Waals surface area contributed by atoms with E-state index in [2.05, 4.69) is 56.4 Å². The van der Waals surface area contributed by atoms with E-state index in [1.54, 1.807) is 0 Å². The molecule has 0 spiro atoms. The van der Waals surface area contributed by atoms with Gasteiger partial charge in [0.2, 0.25) is 0 Å². The summed E-state index contributed by atoms with van der Waals surface area (Å²) in [6.07, 6.45) is 3.40. The van der Waals surface area contributed by atoms with E-state index in [4.69, 9.17) is 4.74 Å². The zero-order chi connectivity index (χ0) is 14.0. The highest BCUT2D eigenvalue weighted by Crippen LogP contribution is 2.31. The van der Waals surface area contributed by atoms with Crippen LogP contribution in [0.15, 0.2) is 30.3 Å². The summed E-state index contributed by atoms with van der Waals surface area (Å²) in [5.41, 5.74) is 1.63. The first kappa shape index (κ1) is 16.2. The number of nitrogens with one attached hydrogen (secondary N) is 1. The molecule has 0 saturated heterocycles. The largest absolute Gasteiger partial charge is 0.382 e. The van der Waals surface area contributed by atoms with Crippen LogP contribution in [0.5, 0.6) is 0 Å². The molecule has 1 rings (SSSR count). The average Bonchev–Trinajstić information content (AvgIpc) is 2.47. The van der Waals surface area contributed by atoms with Crippen LogP contribution in [0.4, 0.5) is 0 Å². The minimum Gasteiger partial charge on any atom is -0.382 e. The molecule has 0 saturated carbocycles. The van der Waals surface area contributed by atoms with Crippen LogP contribution in [0.1, 0.15) is 45.6 Å². The van der Waals surface area contributed by atoms with Crippen molar-refractivity contribution in [3.8, 4) is 0 Å². The maximum absolute atomic E-state index is 5.59. The van der Waals surface area contributed by atoms with Crippen LogP contribution in [-0.2, 0) is 10.2 Å². The van der Waals surface area contributed by atoms with Gasteiger partial charge in [0, 0.05) is 25.2 Å². The number of rotatable bonds is 10. The first-order valence-electron chi connectivity index (χ1n) is 7.63. The highest BCUT2D eigenvalue weighted by molar-refractivity contribution is 5.26. The SMILES string of the molecule is CCCNCC(CC)(CCOCC)c1ccccc1. The summed E-state index contributed by atoms with van der Waals surface area (Å²) < 4.78 is 5.59. The Bertz CT molecular complexity index is 313. The molecule has 1 aromatic rings. The second-order valence-electron chi connectivity index (χ2n) is 5.12. The number of hydrogen-bond acceptors (Lipinski definition) is 2. The minimum atomic E-state index is 0.200. The predicted molar refractivity (Wildman–Crippen MR) is 82.7 cm³/mol. The van der Waals surface area contributed by atoms with Crippen LogP contribution < -0.4 is 5.32 Å². The second kappa shape index (κ2) is 9.11. The van der Waals surface area contributed by atoms with Crippen LogP contribution in [0.25, 0.3) is 0 Å². The molecule has 108 valence electrons. The molecule has 2 nitrogen and oxygen atoms in total. The Labute approximate surface area is 118 Å². The van der Waals surface area contributed by atoms with E-state index in [9.17, 15) is 0 Å². The Morgan fingerprint density at radius 3 is 2.42 bits per heavy atom. The van der Waals surface area contributed by atoms with Crippen molar-refractivity contribution in [2.75, 3.05) is 26.3 Å². The van der Waals surface area contributed by atoms with Crippen molar-refractivity contribution in [2.24, 2.45) is 0 Å². The lowest BCUT2D eigenvalue weighted by Gasteiger charge is -2.34. The lowest BCUT2D eigenvalue weighted by atomic mass is 9.75. The fourth-order valence-corrected chi connectivity index (χ4v) is 2.55. The molecule has 0 amide bonds. The smallest absolute Gasteiger partial charge is 0.0474 e. The van der Waals surface area contributed by atoms with E-state index in [0.29, 0.717) is 0 Å². The van der Waals surface area contributed by atoms with Gasteiger partial charge in [-0.15, -0.1) is 0 Å². The first-order valence-corrected chi connectivity index (χ1v) is 7.63. The Morgan fingerprint density at radius 1 is 1.11 bits per heavy atom. The molecule has 1 unspecified atom stereocenters. The van der Waals surface area contributed by atoms with Gasteiger partial charge in [0.25, 0.3) is 0 Å². The third-order valence-electron chi connectivity index (χ3n) is 3.88. The van der Waals surface area contributed by atoms with E-state index in [1.165, 1.54) is 12.0 Å². The van der Waals surface area contributed by atoms with Gasteiger partial charge in [-0.2, -0.15) is 0 Å². The van der Waals surface area contributed by atoms with Crippen LogP contribution in [0.2, 0.25) is 0 Å². The highest BCUT2D eigenvalue weighted by atomic mass is 16.5. The Kier molecular flexibility index (Phi) is 7.76. The topological polar surface area (TPSA) is 21.3 Å². The molecule has 0 fully saturated rings. The summed E-state index contributed by atoms with van der Waals surface area (Å²) in [4.78, 5) is 0. The molecular weight excluding hydrogens is 234 g/mol. The molecule has 0 aliphatic rings.